The molecule has 2 aromatic carbocycles. The van der Waals surface area contributed by atoms with Gasteiger partial charge in [-0.2, -0.15) is 0 Å². The highest BCUT2D eigenvalue weighted by molar-refractivity contribution is 7.22. The molecule has 1 aliphatic heterocycles. The highest BCUT2D eigenvalue weighted by Crippen LogP contribution is 2.44. The zero-order chi connectivity index (χ0) is 30.3. The minimum Gasteiger partial charge on any atom is -0.479 e. The van der Waals surface area contributed by atoms with Crippen molar-refractivity contribution in [3.63, 3.8) is 0 Å². The van der Waals surface area contributed by atoms with Gasteiger partial charge in [-0.05, 0) is 83.9 Å². The lowest BCUT2D eigenvalue weighted by Gasteiger charge is -2.41. The van der Waals surface area contributed by atoms with Gasteiger partial charge in [0.05, 0.1) is 15.8 Å². The lowest BCUT2D eigenvalue weighted by molar-refractivity contribution is -0.160. The summed E-state index contributed by atoms with van der Waals surface area (Å²) < 4.78 is 7.01. The van der Waals surface area contributed by atoms with E-state index < -0.39 is 17.7 Å². The number of carboxylic acids is 1. The molecule has 0 aliphatic carbocycles. The number of ether oxygens (including phenoxy) is 1. The maximum absolute atomic E-state index is 12.6. The number of halogens is 1. The fourth-order valence-electron chi connectivity index (χ4n) is 5.51. The van der Waals surface area contributed by atoms with Crippen LogP contribution in [0.5, 0.6) is 0 Å². The second kappa shape index (κ2) is 11.9. The monoisotopic (exact) mass is 607 g/mol. The van der Waals surface area contributed by atoms with Crippen LogP contribution in [-0.4, -0.2) is 68.2 Å². The number of hydrogen-bond donors (Lipinski definition) is 1. The molecule has 0 radical (unpaired) electrons. The Morgan fingerprint density at radius 3 is 2.48 bits per heavy atom. The molecule has 3 heterocycles. The van der Waals surface area contributed by atoms with E-state index in [4.69, 9.17) is 26.3 Å². The summed E-state index contributed by atoms with van der Waals surface area (Å²) in [4.78, 5) is 31.9. The summed E-state index contributed by atoms with van der Waals surface area (Å²) in [5, 5.41) is 11.7. The van der Waals surface area contributed by atoms with Gasteiger partial charge in [-0.3, -0.25) is 4.90 Å². The van der Waals surface area contributed by atoms with Crippen LogP contribution in [-0.2, 0) is 9.53 Å². The van der Waals surface area contributed by atoms with E-state index in [-0.39, 0.29) is 6.04 Å². The Hall–Kier alpha value is -3.11. The number of piperazine rings is 1. The first kappa shape index (κ1) is 30.4. The van der Waals surface area contributed by atoms with Gasteiger partial charge in [0.15, 0.2) is 6.10 Å². The van der Waals surface area contributed by atoms with Gasteiger partial charge in [-0.1, -0.05) is 23.7 Å². The van der Waals surface area contributed by atoms with Crippen LogP contribution in [0.2, 0.25) is 5.02 Å². The molecule has 2 atom stereocenters. The SMILES string of the molecule is Cc1cc2nc(-c3ccnc(N4CCN(C(C)C)C[C@H]4C)n3)sc2c(-c2ccc(Cl)cc2)c1[C@H](OC(C)(C)C)C(=O)O. The van der Waals surface area contributed by atoms with Crippen LogP contribution >= 0.6 is 22.9 Å². The minimum atomic E-state index is -1.16. The van der Waals surface area contributed by atoms with Crippen LogP contribution in [0.15, 0.2) is 42.6 Å². The average Bonchev–Trinajstić information content (AvgIpc) is 3.35. The second-order valence-corrected chi connectivity index (χ2v) is 13.6. The van der Waals surface area contributed by atoms with Gasteiger partial charge < -0.3 is 14.7 Å². The lowest BCUT2D eigenvalue weighted by Crippen LogP contribution is -2.54. The lowest BCUT2D eigenvalue weighted by atomic mass is 9.91. The van der Waals surface area contributed by atoms with Crippen molar-refractivity contribution in [2.75, 3.05) is 24.5 Å². The molecule has 0 spiro atoms. The van der Waals surface area contributed by atoms with E-state index >= 15 is 0 Å². The van der Waals surface area contributed by atoms with Gasteiger partial charge in [-0.25, -0.2) is 19.7 Å². The first-order chi connectivity index (χ1) is 19.8. The molecule has 222 valence electrons. The standard InChI is InChI=1S/C32H38ClN5O3S/c1-18(2)37-14-15-38(20(4)17-37)31-34-13-12-23(36-31)29-35-24-16-19(3)25(27(30(39)40)41-32(5,6)7)26(28(24)42-29)21-8-10-22(33)11-9-21/h8-13,16,18,20,27H,14-15,17H2,1-7H3,(H,39,40)/t20-,27+/m1/s1. The van der Waals surface area contributed by atoms with E-state index in [1.165, 1.54) is 11.3 Å². The first-order valence-electron chi connectivity index (χ1n) is 14.3. The van der Waals surface area contributed by atoms with E-state index in [1.807, 2.05) is 64.1 Å². The quantitative estimate of drug-likeness (QED) is 0.235. The number of fused-ring (bicyclic) bond motifs is 1. The van der Waals surface area contributed by atoms with E-state index in [0.717, 1.165) is 57.2 Å². The van der Waals surface area contributed by atoms with Crippen molar-refractivity contribution < 1.29 is 14.6 Å². The maximum atomic E-state index is 12.6. The molecular formula is C32H38ClN5O3S. The largest absolute Gasteiger partial charge is 0.479 e. The van der Waals surface area contributed by atoms with E-state index in [0.29, 0.717) is 22.6 Å². The number of rotatable bonds is 7. The third-order valence-electron chi connectivity index (χ3n) is 7.53. The number of aryl methyl sites for hydroxylation is 1. The van der Waals surface area contributed by atoms with Gasteiger partial charge in [0.2, 0.25) is 5.95 Å². The van der Waals surface area contributed by atoms with Crippen LogP contribution in [0.1, 0.15) is 58.8 Å². The predicted octanol–water partition coefficient (Wildman–Crippen LogP) is 7.24. The summed E-state index contributed by atoms with van der Waals surface area (Å²) in [5.74, 6) is -0.346. The molecule has 0 bridgehead atoms. The summed E-state index contributed by atoms with van der Waals surface area (Å²) in [7, 11) is 0. The summed E-state index contributed by atoms with van der Waals surface area (Å²) >= 11 is 7.73. The summed E-state index contributed by atoms with van der Waals surface area (Å²) in [6.45, 7) is 16.9. The molecule has 2 aromatic heterocycles. The molecule has 1 aliphatic rings. The van der Waals surface area contributed by atoms with Gasteiger partial charge in [0, 0.05) is 54.1 Å². The normalized spacial score (nSPS) is 17.3. The number of nitrogens with zero attached hydrogens (tertiary/aromatic N) is 5. The molecule has 5 rings (SSSR count). The van der Waals surface area contributed by atoms with Gasteiger partial charge in [-0.15, -0.1) is 11.3 Å². The number of benzene rings is 2. The number of carboxylic acid groups (broad SMARTS) is 1. The van der Waals surface area contributed by atoms with Crippen LogP contribution in [0.25, 0.3) is 32.0 Å². The first-order valence-corrected chi connectivity index (χ1v) is 15.5. The van der Waals surface area contributed by atoms with Crippen molar-refractivity contribution in [1.82, 2.24) is 19.9 Å². The number of anilines is 1. The van der Waals surface area contributed by atoms with Gasteiger partial charge >= 0.3 is 5.97 Å². The molecule has 8 nitrogen and oxygen atoms in total. The molecule has 0 amide bonds. The molecule has 1 saturated heterocycles. The Morgan fingerprint density at radius 1 is 1.14 bits per heavy atom. The highest BCUT2D eigenvalue weighted by atomic mass is 35.5. The van der Waals surface area contributed by atoms with Crippen molar-refractivity contribution in [2.24, 2.45) is 0 Å². The van der Waals surface area contributed by atoms with Crippen molar-refractivity contribution in [1.29, 1.82) is 0 Å². The van der Waals surface area contributed by atoms with Crippen molar-refractivity contribution in [3.05, 3.63) is 58.7 Å². The molecular weight excluding hydrogens is 570 g/mol. The third kappa shape index (κ3) is 6.29. The Kier molecular flexibility index (Phi) is 8.58. The molecule has 0 unspecified atom stereocenters. The number of aromatic nitrogens is 3. The predicted molar refractivity (Wildman–Crippen MR) is 171 cm³/mol. The zero-order valence-corrected chi connectivity index (χ0v) is 26.8. The van der Waals surface area contributed by atoms with Crippen molar-refractivity contribution >= 4 is 45.1 Å². The zero-order valence-electron chi connectivity index (χ0n) is 25.2. The molecule has 1 N–H and O–H groups in total. The number of thiazole rings is 1. The minimum absolute atomic E-state index is 0.282. The van der Waals surface area contributed by atoms with Crippen LogP contribution in [0.4, 0.5) is 5.95 Å². The Morgan fingerprint density at radius 2 is 1.86 bits per heavy atom. The maximum Gasteiger partial charge on any atom is 0.337 e. The molecule has 10 heteroatoms. The molecule has 0 saturated carbocycles. The average molecular weight is 608 g/mol. The van der Waals surface area contributed by atoms with E-state index in [2.05, 4.69) is 35.6 Å². The van der Waals surface area contributed by atoms with E-state index in [9.17, 15) is 9.90 Å². The highest BCUT2D eigenvalue weighted by Gasteiger charge is 2.33. The molecule has 42 heavy (non-hydrogen) atoms. The van der Waals surface area contributed by atoms with Gasteiger partial charge in [0.25, 0.3) is 0 Å². The van der Waals surface area contributed by atoms with E-state index in [1.54, 1.807) is 6.20 Å². The van der Waals surface area contributed by atoms with Crippen molar-refractivity contribution in [2.45, 2.75) is 72.3 Å². The Bertz CT molecular complexity index is 1600. The van der Waals surface area contributed by atoms with Crippen LogP contribution < -0.4 is 4.90 Å². The van der Waals surface area contributed by atoms with Crippen LogP contribution in [0, 0.1) is 6.92 Å². The number of hydrogen-bond acceptors (Lipinski definition) is 8. The molecule has 1 fully saturated rings. The third-order valence-corrected chi connectivity index (χ3v) is 8.89. The topological polar surface area (TPSA) is 91.7 Å². The fourth-order valence-corrected chi connectivity index (χ4v) is 6.73. The number of aliphatic carboxylic acids is 1. The number of carbonyl (C=O) groups is 1. The van der Waals surface area contributed by atoms with Crippen LogP contribution in [0.3, 0.4) is 0 Å². The summed E-state index contributed by atoms with van der Waals surface area (Å²) in [5.41, 5.74) is 3.89. The smallest absolute Gasteiger partial charge is 0.337 e. The molecule has 4 aromatic rings. The Labute approximate surface area is 256 Å². The summed E-state index contributed by atoms with van der Waals surface area (Å²) in [6, 6.07) is 12.1. The summed E-state index contributed by atoms with van der Waals surface area (Å²) in [6.07, 6.45) is 0.627. The second-order valence-electron chi connectivity index (χ2n) is 12.2. The van der Waals surface area contributed by atoms with Crippen molar-refractivity contribution in [3.8, 4) is 21.8 Å². The Balaban J connectivity index is 1.63. The van der Waals surface area contributed by atoms with Gasteiger partial charge in [0.1, 0.15) is 10.7 Å². The fraction of sp³-hybridized carbons (Fsp3) is 0.438.